The van der Waals surface area contributed by atoms with Gasteiger partial charge in [0.1, 0.15) is 0 Å². The lowest BCUT2D eigenvalue weighted by Gasteiger charge is -2.18. The Morgan fingerprint density at radius 2 is 2.08 bits per heavy atom. The van der Waals surface area contributed by atoms with Gasteiger partial charge in [-0.15, -0.1) is 0 Å². The molecule has 8 heteroatoms. The van der Waals surface area contributed by atoms with Crippen LogP contribution in [0.1, 0.15) is 18.9 Å². The summed E-state index contributed by atoms with van der Waals surface area (Å²) in [6.07, 6.45) is 3.92. The Balaban J connectivity index is 2.04. The number of anilines is 2. The summed E-state index contributed by atoms with van der Waals surface area (Å²) < 4.78 is 1.68. The number of carbonyl (C=O) groups excluding carboxylic acids is 2. The molecule has 0 unspecified atom stereocenters. The first-order valence-corrected chi connectivity index (χ1v) is 7.86. The van der Waals surface area contributed by atoms with Gasteiger partial charge in [-0.1, -0.05) is 18.5 Å². The van der Waals surface area contributed by atoms with E-state index < -0.39 is 0 Å². The van der Waals surface area contributed by atoms with E-state index in [-0.39, 0.29) is 11.9 Å². The Bertz CT molecular complexity index is 744. The second-order valence-corrected chi connectivity index (χ2v) is 5.81. The highest BCUT2D eigenvalue weighted by atomic mass is 35.5. The second-order valence-electron chi connectivity index (χ2n) is 5.40. The van der Waals surface area contributed by atoms with Gasteiger partial charge in [-0.2, -0.15) is 5.10 Å². The SMILES string of the molecule is CCC(=O)Nc1ccc(Cl)c(NC(=O)N(C)Cc2cnn(C)c2)c1. The Morgan fingerprint density at radius 3 is 2.71 bits per heavy atom. The molecule has 0 aliphatic heterocycles. The minimum atomic E-state index is -0.306. The standard InChI is InChI=1S/C16H20ClN5O2/c1-4-15(23)19-12-5-6-13(17)14(7-12)20-16(24)21(2)9-11-8-18-22(3)10-11/h5-8,10H,4,9H2,1-3H3,(H,19,23)(H,20,24). The van der Waals surface area contributed by atoms with Crippen LogP contribution in [0.25, 0.3) is 0 Å². The van der Waals surface area contributed by atoms with Crippen molar-refractivity contribution in [3.8, 4) is 0 Å². The fourth-order valence-electron chi connectivity index (χ4n) is 2.06. The van der Waals surface area contributed by atoms with E-state index in [0.29, 0.717) is 29.4 Å². The summed E-state index contributed by atoms with van der Waals surface area (Å²) >= 11 is 6.12. The van der Waals surface area contributed by atoms with Gasteiger partial charge in [0.25, 0.3) is 0 Å². The van der Waals surface area contributed by atoms with Gasteiger partial charge in [0.15, 0.2) is 0 Å². The highest BCUT2D eigenvalue weighted by molar-refractivity contribution is 6.33. The van der Waals surface area contributed by atoms with E-state index in [4.69, 9.17) is 11.6 Å². The van der Waals surface area contributed by atoms with Crippen molar-refractivity contribution in [1.29, 1.82) is 0 Å². The lowest BCUT2D eigenvalue weighted by atomic mass is 10.2. The molecular weight excluding hydrogens is 330 g/mol. The largest absolute Gasteiger partial charge is 0.326 e. The Hall–Kier alpha value is -2.54. The van der Waals surface area contributed by atoms with Crippen molar-refractivity contribution in [3.05, 3.63) is 41.2 Å². The topological polar surface area (TPSA) is 79.3 Å². The average Bonchev–Trinajstić information content (AvgIpc) is 2.95. The molecule has 0 bridgehead atoms. The number of halogens is 1. The first-order valence-electron chi connectivity index (χ1n) is 7.48. The van der Waals surface area contributed by atoms with Crippen LogP contribution in [-0.2, 0) is 18.4 Å². The van der Waals surface area contributed by atoms with E-state index in [1.807, 2.05) is 13.2 Å². The van der Waals surface area contributed by atoms with Crippen molar-refractivity contribution in [2.24, 2.45) is 7.05 Å². The minimum absolute atomic E-state index is 0.108. The van der Waals surface area contributed by atoms with Crippen LogP contribution in [0.4, 0.5) is 16.2 Å². The van der Waals surface area contributed by atoms with E-state index in [1.54, 1.807) is 43.0 Å². The van der Waals surface area contributed by atoms with E-state index in [2.05, 4.69) is 15.7 Å². The molecule has 2 aromatic rings. The summed E-state index contributed by atoms with van der Waals surface area (Å²) in [4.78, 5) is 25.3. The zero-order valence-electron chi connectivity index (χ0n) is 13.8. The lowest BCUT2D eigenvalue weighted by Crippen LogP contribution is -2.30. The van der Waals surface area contributed by atoms with Crippen molar-refractivity contribution < 1.29 is 9.59 Å². The van der Waals surface area contributed by atoms with Crippen molar-refractivity contribution in [1.82, 2.24) is 14.7 Å². The van der Waals surface area contributed by atoms with Gasteiger partial charge >= 0.3 is 6.03 Å². The molecule has 0 fully saturated rings. The average molecular weight is 350 g/mol. The first-order chi connectivity index (χ1) is 11.4. The molecule has 7 nitrogen and oxygen atoms in total. The molecule has 0 aliphatic rings. The van der Waals surface area contributed by atoms with Gasteiger partial charge in [0.2, 0.25) is 5.91 Å². The number of urea groups is 1. The smallest absolute Gasteiger partial charge is 0.321 e. The maximum atomic E-state index is 12.3. The molecule has 0 saturated heterocycles. The second kappa shape index (κ2) is 7.83. The molecule has 24 heavy (non-hydrogen) atoms. The van der Waals surface area contributed by atoms with Gasteiger partial charge in [0, 0.05) is 38.0 Å². The number of hydrogen-bond acceptors (Lipinski definition) is 3. The number of carbonyl (C=O) groups is 2. The minimum Gasteiger partial charge on any atom is -0.326 e. The molecule has 1 aromatic carbocycles. The fraction of sp³-hybridized carbons (Fsp3) is 0.312. The molecule has 0 saturated carbocycles. The molecule has 0 radical (unpaired) electrons. The molecule has 3 amide bonds. The van der Waals surface area contributed by atoms with Gasteiger partial charge < -0.3 is 15.5 Å². The van der Waals surface area contributed by atoms with Crippen molar-refractivity contribution in [3.63, 3.8) is 0 Å². The molecule has 1 heterocycles. The zero-order valence-corrected chi connectivity index (χ0v) is 14.6. The summed E-state index contributed by atoms with van der Waals surface area (Å²) in [6, 6.07) is 4.64. The van der Waals surface area contributed by atoms with Crippen LogP contribution in [0.2, 0.25) is 5.02 Å². The molecule has 0 aliphatic carbocycles. The van der Waals surface area contributed by atoms with Crippen LogP contribution >= 0.6 is 11.6 Å². The number of amides is 3. The molecule has 0 atom stereocenters. The Kier molecular flexibility index (Phi) is 5.81. The van der Waals surface area contributed by atoms with Crippen molar-refractivity contribution in [2.45, 2.75) is 19.9 Å². The maximum absolute atomic E-state index is 12.3. The number of rotatable bonds is 5. The number of aryl methyl sites for hydroxylation is 1. The van der Waals surface area contributed by atoms with E-state index >= 15 is 0 Å². The highest BCUT2D eigenvalue weighted by Crippen LogP contribution is 2.26. The summed E-state index contributed by atoms with van der Waals surface area (Å²) in [5.41, 5.74) is 1.94. The monoisotopic (exact) mass is 349 g/mol. The number of hydrogen-bond donors (Lipinski definition) is 2. The predicted octanol–water partition coefficient (Wildman–Crippen LogP) is 3.09. The van der Waals surface area contributed by atoms with Gasteiger partial charge in [0.05, 0.1) is 23.5 Å². The van der Waals surface area contributed by atoms with Crippen LogP contribution in [0.15, 0.2) is 30.6 Å². The molecule has 2 N–H and O–H groups in total. The fourth-order valence-corrected chi connectivity index (χ4v) is 2.22. The summed E-state index contributed by atoms with van der Waals surface area (Å²) in [7, 11) is 3.50. The van der Waals surface area contributed by atoms with Gasteiger partial charge in [-0.05, 0) is 18.2 Å². The Morgan fingerprint density at radius 1 is 1.33 bits per heavy atom. The van der Waals surface area contributed by atoms with Crippen LogP contribution in [0, 0.1) is 0 Å². The zero-order chi connectivity index (χ0) is 17.7. The normalized spacial score (nSPS) is 10.3. The number of aromatic nitrogens is 2. The summed E-state index contributed by atoms with van der Waals surface area (Å²) in [6.45, 7) is 2.19. The first kappa shape index (κ1) is 17.8. The Labute approximate surface area is 145 Å². The highest BCUT2D eigenvalue weighted by Gasteiger charge is 2.13. The van der Waals surface area contributed by atoms with Crippen molar-refractivity contribution >= 4 is 34.9 Å². The van der Waals surface area contributed by atoms with Gasteiger partial charge in [-0.3, -0.25) is 9.48 Å². The summed E-state index contributed by atoms with van der Waals surface area (Å²) in [5, 5.41) is 9.94. The molecule has 1 aromatic heterocycles. The third-order valence-electron chi connectivity index (χ3n) is 3.34. The van der Waals surface area contributed by atoms with Crippen LogP contribution in [0.5, 0.6) is 0 Å². The number of nitrogens with zero attached hydrogens (tertiary/aromatic N) is 3. The predicted molar refractivity (Wildman–Crippen MR) is 94.1 cm³/mol. The molecule has 0 spiro atoms. The lowest BCUT2D eigenvalue weighted by molar-refractivity contribution is -0.115. The van der Waals surface area contributed by atoms with E-state index in [9.17, 15) is 9.59 Å². The van der Waals surface area contributed by atoms with Crippen LogP contribution < -0.4 is 10.6 Å². The molecule has 128 valence electrons. The number of benzene rings is 1. The third-order valence-corrected chi connectivity index (χ3v) is 3.67. The molecular formula is C16H20ClN5O2. The van der Waals surface area contributed by atoms with Crippen LogP contribution in [-0.4, -0.2) is 33.7 Å². The molecule has 2 rings (SSSR count). The van der Waals surface area contributed by atoms with E-state index in [1.165, 1.54) is 4.90 Å². The van der Waals surface area contributed by atoms with Crippen molar-refractivity contribution in [2.75, 3.05) is 17.7 Å². The maximum Gasteiger partial charge on any atom is 0.321 e. The third kappa shape index (κ3) is 4.73. The summed E-state index contributed by atoms with van der Waals surface area (Å²) in [5.74, 6) is -0.108. The van der Waals surface area contributed by atoms with E-state index in [0.717, 1.165) is 5.56 Å². The number of nitrogens with one attached hydrogen (secondary N) is 2. The van der Waals surface area contributed by atoms with Crippen LogP contribution in [0.3, 0.4) is 0 Å². The quantitative estimate of drug-likeness (QED) is 0.870. The van der Waals surface area contributed by atoms with Gasteiger partial charge in [-0.25, -0.2) is 4.79 Å².